The predicted molar refractivity (Wildman–Crippen MR) is 132 cm³/mol. The molecule has 33 heavy (non-hydrogen) atoms. The van der Waals surface area contributed by atoms with Gasteiger partial charge in [-0.15, -0.1) is 0 Å². The summed E-state index contributed by atoms with van der Waals surface area (Å²) < 4.78 is 10.3. The third-order valence-electron chi connectivity index (χ3n) is 5.75. The monoisotopic (exact) mass is 444 g/mol. The van der Waals surface area contributed by atoms with Gasteiger partial charge < -0.3 is 9.47 Å². The molecule has 4 nitrogen and oxygen atoms in total. The standard InChI is InChI=1S/C29H32O4/c1-4-5-6-7-8-21(2)33-29(31)27-19-15-25(16-20-27)23-11-9-22(10-12-23)24-13-17-26(18-14-24)28(30)32-3/h9-21H,4-8H2,1-3H3/t21-/m1/s1. The minimum atomic E-state index is -0.342. The van der Waals surface area contributed by atoms with Crippen molar-refractivity contribution in [3.05, 3.63) is 83.9 Å². The number of esters is 2. The Hall–Kier alpha value is -3.40. The fraction of sp³-hybridized carbons (Fsp3) is 0.310. The molecule has 0 spiro atoms. The summed E-state index contributed by atoms with van der Waals surface area (Å²) in [6.45, 7) is 4.15. The van der Waals surface area contributed by atoms with Gasteiger partial charge in [0.2, 0.25) is 0 Å². The molecule has 0 saturated carbocycles. The highest BCUT2D eigenvalue weighted by Gasteiger charge is 2.12. The zero-order valence-corrected chi connectivity index (χ0v) is 19.7. The largest absolute Gasteiger partial charge is 0.465 e. The molecule has 0 N–H and O–H groups in total. The molecule has 0 aliphatic carbocycles. The summed E-state index contributed by atoms with van der Waals surface area (Å²) in [5, 5.41) is 0. The van der Waals surface area contributed by atoms with Crippen molar-refractivity contribution >= 4 is 11.9 Å². The van der Waals surface area contributed by atoms with Crippen LogP contribution in [0.1, 0.15) is 66.7 Å². The van der Waals surface area contributed by atoms with Crippen LogP contribution in [0.4, 0.5) is 0 Å². The van der Waals surface area contributed by atoms with Crippen molar-refractivity contribution in [3.63, 3.8) is 0 Å². The number of hydrogen-bond acceptors (Lipinski definition) is 4. The molecule has 1 atom stereocenters. The van der Waals surface area contributed by atoms with Crippen LogP contribution >= 0.6 is 0 Å². The summed E-state index contributed by atoms with van der Waals surface area (Å²) >= 11 is 0. The molecule has 0 heterocycles. The summed E-state index contributed by atoms with van der Waals surface area (Å²) in [4.78, 5) is 24.0. The van der Waals surface area contributed by atoms with E-state index in [1.807, 2.05) is 55.5 Å². The number of hydrogen-bond donors (Lipinski definition) is 0. The molecule has 0 bridgehead atoms. The van der Waals surface area contributed by atoms with E-state index in [9.17, 15) is 9.59 Å². The van der Waals surface area contributed by atoms with E-state index in [4.69, 9.17) is 9.47 Å². The zero-order chi connectivity index (χ0) is 23.6. The van der Waals surface area contributed by atoms with Crippen LogP contribution in [0.25, 0.3) is 22.3 Å². The Morgan fingerprint density at radius 1 is 0.667 bits per heavy atom. The molecular formula is C29H32O4. The lowest BCUT2D eigenvalue weighted by Gasteiger charge is -2.13. The molecule has 3 aromatic carbocycles. The van der Waals surface area contributed by atoms with Crippen molar-refractivity contribution in [3.8, 4) is 22.3 Å². The van der Waals surface area contributed by atoms with Gasteiger partial charge in [0.25, 0.3) is 0 Å². The van der Waals surface area contributed by atoms with Crippen LogP contribution in [0.5, 0.6) is 0 Å². The molecule has 3 rings (SSSR count). The normalized spacial score (nSPS) is 11.6. The van der Waals surface area contributed by atoms with Gasteiger partial charge >= 0.3 is 11.9 Å². The minimum absolute atomic E-state index is 0.0664. The zero-order valence-electron chi connectivity index (χ0n) is 19.7. The molecule has 0 saturated heterocycles. The van der Waals surface area contributed by atoms with Gasteiger partial charge in [-0.05, 0) is 66.3 Å². The van der Waals surface area contributed by atoms with Crippen molar-refractivity contribution in [2.75, 3.05) is 7.11 Å². The van der Waals surface area contributed by atoms with Crippen molar-refractivity contribution in [2.45, 2.75) is 52.1 Å². The third-order valence-corrected chi connectivity index (χ3v) is 5.75. The number of carbonyl (C=O) groups excluding carboxylic acids is 2. The van der Waals surface area contributed by atoms with Gasteiger partial charge in [-0.2, -0.15) is 0 Å². The average molecular weight is 445 g/mol. The molecule has 0 aromatic heterocycles. The number of methoxy groups -OCH3 is 1. The maximum Gasteiger partial charge on any atom is 0.338 e. The Morgan fingerprint density at radius 3 is 1.52 bits per heavy atom. The molecule has 0 aliphatic rings. The van der Waals surface area contributed by atoms with Gasteiger partial charge in [0.05, 0.1) is 24.3 Å². The van der Waals surface area contributed by atoms with Crippen LogP contribution in [0.15, 0.2) is 72.8 Å². The fourth-order valence-electron chi connectivity index (χ4n) is 3.74. The third kappa shape index (κ3) is 6.79. The van der Waals surface area contributed by atoms with E-state index in [0.29, 0.717) is 11.1 Å². The number of carbonyl (C=O) groups is 2. The van der Waals surface area contributed by atoms with Crippen LogP contribution in [0.2, 0.25) is 0 Å². The molecule has 172 valence electrons. The lowest BCUT2D eigenvalue weighted by molar-refractivity contribution is 0.0319. The Balaban J connectivity index is 1.60. The van der Waals surface area contributed by atoms with E-state index >= 15 is 0 Å². The molecule has 0 fully saturated rings. The SMILES string of the molecule is CCCCCC[C@@H](C)OC(=O)c1ccc(-c2ccc(-c3ccc(C(=O)OC)cc3)cc2)cc1. The number of ether oxygens (including phenoxy) is 2. The Labute approximate surface area is 196 Å². The smallest absolute Gasteiger partial charge is 0.338 e. The van der Waals surface area contributed by atoms with E-state index in [0.717, 1.165) is 35.1 Å². The molecule has 0 radical (unpaired) electrons. The van der Waals surface area contributed by atoms with Crippen molar-refractivity contribution < 1.29 is 19.1 Å². The quantitative estimate of drug-likeness (QED) is 0.243. The predicted octanol–water partition coefficient (Wildman–Crippen LogP) is 7.32. The first-order chi connectivity index (χ1) is 16.0. The Kier molecular flexibility index (Phi) is 8.82. The topological polar surface area (TPSA) is 52.6 Å². The van der Waals surface area contributed by atoms with Crippen molar-refractivity contribution in [2.24, 2.45) is 0 Å². The van der Waals surface area contributed by atoms with Crippen LogP contribution in [-0.4, -0.2) is 25.2 Å². The Morgan fingerprint density at radius 2 is 1.09 bits per heavy atom. The van der Waals surface area contributed by atoms with Crippen molar-refractivity contribution in [1.82, 2.24) is 0 Å². The molecule has 0 amide bonds. The second kappa shape index (κ2) is 12.0. The van der Waals surface area contributed by atoms with Gasteiger partial charge in [0, 0.05) is 0 Å². The molecule has 4 heteroatoms. The second-order valence-electron chi connectivity index (χ2n) is 8.29. The van der Waals surface area contributed by atoms with Gasteiger partial charge in [-0.1, -0.05) is 74.7 Å². The van der Waals surface area contributed by atoms with E-state index in [2.05, 4.69) is 19.1 Å². The first-order valence-electron chi connectivity index (χ1n) is 11.6. The summed E-state index contributed by atoms with van der Waals surface area (Å²) in [5.74, 6) is -0.610. The van der Waals surface area contributed by atoms with E-state index in [1.54, 1.807) is 12.1 Å². The molecular weight excluding hydrogens is 412 g/mol. The first kappa shape index (κ1) is 24.2. The maximum absolute atomic E-state index is 12.4. The number of benzene rings is 3. The van der Waals surface area contributed by atoms with Gasteiger partial charge in [0.1, 0.15) is 0 Å². The minimum Gasteiger partial charge on any atom is -0.465 e. The highest BCUT2D eigenvalue weighted by molar-refractivity contribution is 5.91. The molecule has 3 aromatic rings. The van der Waals surface area contributed by atoms with Crippen LogP contribution < -0.4 is 0 Å². The maximum atomic E-state index is 12.4. The highest BCUT2D eigenvalue weighted by atomic mass is 16.5. The van der Waals surface area contributed by atoms with Crippen LogP contribution in [-0.2, 0) is 9.47 Å². The summed E-state index contributed by atoms with van der Waals surface area (Å²) in [6.07, 6.45) is 5.54. The second-order valence-corrected chi connectivity index (χ2v) is 8.29. The van der Waals surface area contributed by atoms with E-state index in [-0.39, 0.29) is 18.0 Å². The lowest BCUT2D eigenvalue weighted by Crippen LogP contribution is -2.15. The first-order valence-corrected chi connectivity index (χ1v) is 11.6. The highest BCUT2D eigenvalue weighted by Crippen LogP contribution is 2.26. The molecule has 0 unspecified atom stereocenters. The molecule has 0 aliphatic heterocycles. The lowest BCUT2D eigenvalue weighted by atomic mass is 9.99. The average Bonchev–Trinajstić information content (AvgIpc) is 2.86. The number of unbranched alkanes of at least 4 members (excludes halogenated alkanes) is 3. The Bertz CT molecular complexity index is 1030. The van der Waals surface area contributed by atoms with E-state index < -0.39 is 0 Å². The van der Waals surface area contributed by atoms with Gasteiger partial charge in [-0.3, -0.25) is 0 Å². The van der Waals surface area contributed by atoms with Gasteiger partial charge in [0.15, 0.2) is 0 Å². The number of rotatable bonds is 10. The van der Waals surface area contributed by atoms with Crippen LogP contribution in [0, 0.1) is 0 Å². The van der Waals surface area contributed by atoms with Crippen molar-refractivity contribution in [1.29, 1.82) is 0 Å². The fourth-order valence-corrected chi connectivity index (χ4v) is 3.74. The van der Waals surface area contributed by atoms with Crippen LogP contribution in [0.3, 0.4) is 0 Å². The summed E-state index contributed by atoms with van der Waals surface area (Å²) in [7, 11) is 1.38. The van der Waals surface area contributed by atoms with E-state index in [1.165, 1.54) is 26.4 Å². The summed E-state index contributed by atoms with van der Waals surface area (Å²) in [5.41, 5.74) is 5.28. The van der Waals surface area contributed by atoms with Gasteiger partial charge in [-0.25, -0.2) is 9.59 Å². The summed E-state index contributed by atoms with van der Waals surface area (Å²) in [6, 6.07) is 23.1.